The molecule has 1 aliphatic carbocycles. The van der Waals surface area contributed by atoms with Crippen LogP contribution in [-0.4, -0.2) is 53.0 Å². The Labute approximate surface area is 118 Å². The van der Waals surface area contributed by atoms with Gasteiger partial charge < -0.3 is 10.2 Å². The van der Waals surface area contributed by atoms with Crippen molar-refractivity contribution in [2.45, 2.75) is 31.1 Å². The highest BCUT2D eigenvalue weighted by Gasteiger charge is 2.68. The highest BCUT2D eigenvalue weighted by Crippen LogP contribution is 2.57. The van der Waals surface area contributed by atoms with E-state index in [1.807, 2.05) is 0 Å². The van der Waals surface area contributed by atoms with Crippen LogP contribution < -0.4 is 5.32 Å². The minimum Gasteiger partial charge on any atom is -0.343 e. The number of hydrogen-bond acceptors (Lipinski definition) is 3. The number of fused-ring (bicyclic) bond motifs is 1. The van der Waals surface area contributed by atoms with Crippen LogP contribution in [0.5, 0.6) is 0 Å². The Morgan fingerprint density at radius 1 is 1.40 bits per heavy atom. The summed E-state index contributed by atoms with van der Waals surface area (Å²) in [6.07, 6.45) is -3.10. The average Bonchev–Trinajstić information content (AvgIpc) is 3.12. The minimum atomic E-state index is -4.23. The molecule has 3 rings (SSSR count). The van der Waals surface area contributed by atoms with E-state index >= 15 is 0 Å². The Hall–Kier alpha value is -0.920. The van der Waals surface area contributed by atoms with Gasteiger partial charge in [-0.25, -0.2) is 0 Å². The topological polar surface area (TPSA) is 49.4 Å². The highest BCUT2D eigenvalue weighted by molar-refractivity contribution is 8.00. The Morgan fingerprint density at radius 2 is 2.15 bits per heavy atom. The molecule has 1 saturated carbocycles. The molecule has 3 unspecified atom stereocenters. The van der Waals surface area contributed by atoms with Crippen LogP contribution in [-0.2, 0) is 9.59 Å². The van der Waals surface area contributed by atoms with E-state index in [4.69, 9.17) is 0 Å². The molecule has 2 saturated heterocycles. The number of likely N-dealkylation sites (tertiary alicyclic amines) is 1. The number of carbonyl (C=O) groups is 2. The van der Waals surface area contributed by atoms with Crippen LogP contribution in [0.3, 0.4) is 0 Å². The summed E-state index contributed by atoms with van der Waals surface area (Å²) in [5.74, 6) is -1.65. The van der Waals surface area contributed by atoms with E-state index in [2.05, 4.69) is 5.32 Å². The molecule has 1 N–H and O–H groups in total. The summed E-state index contributed by atoms with van der Waals surface area (Å²) in [6.45, 7) is 0.365. The lowest BCUT2D eigenvalue weighted by molar-refractivity contribution is -0.156. The Balaban J connectivity index is 1.70. The van der Waals surface area contributed by atoms with Crippen LogP contribution in [0.2, 0.25) is 0 Å². The fourth-order valence-electron chi connectivity index (χ4n) is 3.35. The molecule has 0 spiro atoms. The summed E-state index contributed by atoms with van der Waals surface area (Å²) in [6, 6.07) is -1.38. The molecule has 2 heterocycles. The monoisotopic (exact) mass is 308 g/mol. The highest BCUT2D eigenvalue weighted by atomic mass is 32.2. The van der Waals surface area contributed by atoms with Gasteiger partial charge in [0.05, 0.1) is 11.7 Å². The zero-order valence-electron chi connectivity index (χ0n) is 10.7. The maximum atomic E-state index is 12.9. The predicted octanol–water partition coefficient (Wildman–Crippen LogP) is 1.02. The van der Waals surface area contributed by atoms with Gasteiger partial charge in [-0.2, -0.15) is 13.2 Å². The number of halogens is 3. The van der Waals surface area contributed by atoms with Gasteiger partial charge >= 0.3 is 6.18 Å². The first-order valence-electron chi connectivity index (χ1n) is 6.64. The lowest BCUT2D eigenvalue weighted by Gasteiger charge is -2.32. The third kappa shape index (κ3) is 2.38. The molecule has 2 amide bonds. The van der Waals surface area contributed by atoms with Gasteiger partial charge in [0.25, 0.3) is 0 Å². The summed E-state index contributed by atoms with van der Waals surface area (Å²) in [5, 5.41) is 2.57. The lowest BCUT2D eigenvalue weighted by Crippen LogP contribution is -2.54. The van der Waals surface area contributed by atoms with E-state index in [-0.39, 0.29) is 11.8 Å². The molecule has 2 aliphatic heterocycles. The maximum Gasteiger partial charge on any atom is 0.394 e. The molecule has 0 aromatic rings. The number of amides is 2. The van der Waals surface area contributed by atoms with Crippen molar-refractivity contribution in [3.8, 4) is 0 Å². The van der Waals surface area contributed by atoms with E-state index < -0.39 is 30.1 Å². The van der Waals surface area contributed by atoms with Crippen molar-refractivity contribution in [1.82, 2.24) is 10.2 Å². The zero-order chi connectivity index (χ0) is 14.5. The molecule has 3 fully saturated rings. The maximum absolute atomic E-state index is 12.9. The van der Waals surface area contributed by atoms with Gasteiger partial charge in [-0.1, -0.05) is 0 Å². The molecule has 0 aromatic carbocycles. The fourth-order valence-corrected chi connectivity index (χ4v) is 4.20. The number of alkyl halides is 3. The molecule has 20 heavy (non-hydrogen) atoms. The van der Waals surface area contributed by atoms with Gasteiger partial charge in [0.2, 0.25) is 11.8 Å². The molecule has 4 atom stereocenters. The first-order valence-corrected chi connectivity index (χ1v) is 7.79. The molecule has 0 radical (unpaired) electrons. The summed E-state index contributed by atoms with van der Waals surface area (Å²) in [7, 11) is 0. The molecule has 0 bridgehead atoms. The van der Waals surface area contributed by atoms with Crippen LogP contribution >= 0.6 is 11.8 Å². The molecule has 4 nitrogen and oxygen atoms in total. The van der Waals surface area contributed by atoms with Crippen molar-refractivity contribution >= 4 is 23.6 Å². The molecule has 112 valence electrons. The van der Waals surface area contributed by atoms with Crippen LogP contribution in [0.25, 0.3) is 0 Å². The fraction of sp³-hybridized carbons (Fsp3) is 0.833. The van der Waals surface area contributed by atoms with E-state index in [0.29, 0.717) is 30.9 Å². The smallest absolute Gasteiger partial charge is 0.343 e. The summed E-state index contributed by atoms with van der Waals surface area (Å²) >= 11 is 1.34. The van der Waals surface area contributed by atoms with Gasteiger partial charge in [-0.3, -0.25) is 9.59 Å². The zero-order valence-corrected chi connectivity index (χ0v) is 11.5. The molecule has 8 heteroatoms. The average molecular weight is 308 g/mol. The number of nitrogens with zero attached hydrogens (tertiary/aromatic N) is 1. The van der Waals surface area contributed by atoms with Gasteiger partial charge in [0.1, 0.15) is 6.04 Å². The first-order chi connectivity index (χ1) is 9.39. The minimum absolute atomic E-state index is 0.226. The van der Waals surface area contributed by atoms with E-state index in [1.54, 1.807) is 0 Å². The van der Waals surface area contributed by atoms with Crippen LogP contribution in [0, 0.1) is 11.8 Å². The van der Waals surface area contributed by atoms with Gasteiger partial charge in [0, 0.05) is 18.3 Å². The van der Waals surface area contributed by atoms with Crippen LogP contribution in [0.4, 0.5) is 13.2 Å². The van der Waals surface area contributed by atoms with Crippen molar-refractivity contribution in [3.63, 3.8) is 0 Å². The molecular formula is C12H15F3N2O2S. The third-order valence-electron chi connectivity index (χ3n) is 4.24. The number of hydrogen-bond donors (Lipinski definition) is 1. The Bertz CT molecular complexity index is 443. The Morgan fingerprint density at radius 3 is 2.80 bits per heavy atom. The van der Waals surface area contributed by atoms with Gasteiger partial charge in [-0.05, 0) is 18.8 Å². The largest absolute Gasteiger partial charge is 0.394 e. The normalized spacial score (nSPS) is 37.1. The SMILES string of the molecule is O=C1CSC[C@@H](C(=O)N2CCCC3C2C3C(F)(F)F)N1. The lowest BCUT2D eigenvalue weighted by atomic mass is 10.1. The van der Waals surface area contributed by atoms with Crippen molar-refractivity contribution in [1.29, 1.82) is 0 Å². The van der Waals surface area contributed by atoms with Crippen molar-refractivity contribution in [2.24, 2.45) is 11.8 Å². The van der Waals surface area contributed by atoms with Crippen molar-refractivity contribution < 1.29 is 22.8 Å². The van der Waals surface area contributed by atoms with E-state index in [1.165, 1.54) is 16.7 Å². The second-order valence-electron chi connectivity index (χ2n) is 5.53. The van der Waals surface area contributed by atoms with Gasteiger partial charge in [-0.15, -0.1) is 11.8 Å². The van der Waals surface area contributed by atoms with E-state index in [9.17, 15) is 22.8 Å². The standard InChI is InChI=1S/C12H15F3N2O2S/c13-12(14,15)9-6-2-1-3-17(10(6)9)11(19)7-4-20-5-8(18)16-7/h6-7,9-10H,1-5H2,(H,16,18)/t6?,7-,9?,10?/m0/s1. The second-order valence-corrected chi connectivity index (χ2v) is 6.56. The molecule has 3 aliphatic rings. The number of piperidine rings is 1. The van der Waals surface area contributed by atoms with Crippen molar-refractivity contribution in [2.75, 3.05) is 18.1 Å². The first kappa shape index (κ1) is 14.0. The number of nitrogens with one attached hydrogen (secondary N) is 1. The third-order valence-corrected chi connectivity index (χ3v) is 5.27. The summed E-state index contributed by atoms with van der Waals surface area (Å²) in [4.78, 5) is 25.0. The number of rotatable bonds is 1. The van der Waals surface area contributed by atoms with Crippen LogP contribution in [0.1, 0.15) is 12.8 Å². The van der Waals surface area contributed by atoms with Crippen LogP contribution in [0.15, 0.2) is 0 Å². The Kier molecular flexibility index (Phi) is 3.38. The summed E-state index contributed by atoms with van der Waals surface area (Å²) < 4.78 is 38.6. The van der Waals surface area contributed by atoms with E-state index in [0.717, 1.165) is 0 Å². The quantitative estimate of drug-likeness (QED) is 0.787. The number of carbonyl (C=O) groups excluding carboxylic acids is 2. The second kappa shape index (κ2) is 4.82. The predicted molar refractivity (Wildman–Crippen MR) is 67.0 cm³/mol. The molecule has 0 aromatic heterocycles. The van der Waals surface area contributed by atoms with Crippen molar-refractivity contribution in [3.05, 3.63) is 0 Å². The number of thioether (sulfide) groups is 1. The summed E-state index contributed by atoms with van der Waals surface area (Å²) in [5.41, 5.74) is 0. The molecular weight excluding hydrogens is 293 g/mol. The van der Waals surface area contributed by atoms with Gasteiger partial charge in [0.15, 0.2) is 0 Å².